The van der Waals surface area contributed by atoms with Gasteiger partial charge in [0.1, 0.15) is 30.5 Å². The third-order valence-electron chi connectivity index (χ3n) is 6.62. The first-order chi connectivity index (χ1) is 20.4. The van der Waals surface area contributed by atoms with E-state index in [0.29, 0.717) is 58.3 Å². The van der Waals surface area contributed by atoms with Gasteiger partial charge < -0.3 is 19.3 Å². The molecule has 4 aromatic rings. The second-order valence-corrected chi connectivity index (χ2v) is 11.5. The minimum atomic E-state index is -0.999. The molecule has 1 amide bonds. The van der Waals surface area contributed by atoms with Gasteiger partial charge >= 0.3 is 5.91 Å². The summed E-state index contributed by atoms with van der Waals surface area (Å²) in [5.74, 6) is -0.348. The Bertz CT molecular complexity index is 1690. The zero-order chi connectivity index (χ0) is 29.2. The van der Waals surface area contributed by atoms with Crippen molar-refractivity contribution in [3.63, 3.8) is 0 Å². The predicted octanol–water partition coefficient (Wildman–Crippen LogP) is 5.77. The van der Waals surface area contributed by atoms with Gasteiger partial charge in [-0.25, -0.2) is 4.39 Å². The maximum Gasteiger partial charge on any atom is 0.301 e. The molecule has 2 aliphatic rings. The third-order valence-corrected chi connectivity index (χ3v) is 8.75. The van der Waals surface area contributed by atoms with Crippen LogP contribution in [0.1, 0.15) is 29.7 Å². The number of thioether (sulfide) groups is 1. The second-order valence-electron chi connectivity index (χ2n) is 9.30. The molecular formula is C30H24FN3O6S2. The van der Waals surface area contributed by atoms with E-state index in [1.807, 2.05) is 6.92 Å². The number of halogens is 1. The van der Waals surface area contributed by atoms with E-state index in [9.17, 15) is 19.1 Å². The van der Waals surface area contributed by atoms with Crippen LogP contribution in [0.15, 0.2) is 76.6 Å². The molecule has 1 fully saturated rings. The van der Waals surface area contributed by atoms with Crippen molar-refractivity contribution in [2.75, 3.05) is 24.7 Å². The van der Waals surface area contributed by atoms with Crippen LogP contribution in [-0.2, 0) is 15.3 Å². The Morgan fingerprint density at radius 3 is 2.64 bits per heavy atom. The fourth-order valence-electron chi connectivity index (χ4n) is 4.72. The van der Waals surface area contributed by atoms with Gasteiger partial charge in [0.15, 0.2) is 15.8 Å². The Hall–Kier alpha value is -4.42. The summed E-state index contributed by atoms with van der Waals surface area (Å²) in [4.78, 5) is 28.4. The van der Waals surface area contributed by atoms with Gasteiger partial charge in [-0.1, -0.05) is 47.4 Å². The lowest BCUT2D eigenvalue weighted by Crippen LogP contribution is -2.29. The molecule has 1 N–H and O–H groups in total. The number of aromatic nitrogens is 2. The molecule has 0 saturated carbocycles. The normalized spacial score (nSPS) is 17.5. The summed E-state index contributed by atoms with van der Waals surface area (Å²) < 4.78 is 30.8. The van der Waals surface area contributed by atoms with Gasteiger partial charge in [0, 0.05) is 11.3 Å². The van der Waals surface area contributed by atoms with Crippen LogP contribution in [0.2, 0.25) is 0 Å². The summed E-state index contributed by atoms with van der Waals surface area (Å²) in [5, 5.41) is 20.2. The van der Waals surface area contributed by atoms with Crippen LogP contribution in [-0.4, -0.2) is 46.8 Å². The number of carbonyl (C=O) groups is 2. The molecular weight excluding hydrogens is 581 g/mol. The molecule has 42 heavy (non-hydrogen) atoms. The molecule has 214 valence electrons. The van der Waals surface area contributed by atoms with E-state index in [0.717, 1.165) is 16.9 Å². The van der Waals surface area contributed by atoms with Crippen molar-refractivity contribution in [1.29, 1.82) is 0 Å². The Morgan fingerprint density at radius 2 is 1.86 bits per heavy atom. The molecule has 0 bridgehead atoms. The van der Waals surface area contributed by atoms with Gasteiger partial charge in [-0.3, -0.25) is 14.5 Å². The number of ether oxygens (including phenoxy) is 3. The number of rotatable bonds is 8. The molecule has 3 aromatic carbocycles. The number of aliphatic hydroxyl groups excluding tert-OH is 1. The van der Waals surface area contributed by atoms with Crippen LogP contribution >= 0.6 is 23.1 Å². The molecule has 0 spiro atoms. The number of fused-ring (bicyclic) bond motifs is 1. The highest BCUT2D eigenvalue weighted by atomic mass is 32.2. The number of hydrogen-bond donors (Lipinski definition) is 1. The van der Waals surface area contributed by atoms with Crippen molar-refractivity contribution < 1.29 is 33.3 Å². The minimum absolute atomic E-state index is 0.0963. The van der Waals surface area contributed by atoms with Crippen molar-refractivity contribution in [2.45, 2.75) is 23.1 Å². The highest BCUT2D eigenvalue weighted by Gasteiger charge is 2.48. The van der Waals surface area contributed by atoms with E-state index < -0.39 is 17.7 Å². The monoisotopic (exact) mass is 605 g/mol. The molecule has 6 rings (SSSR count). The van der Waals surface area contributed by atoms with Crippen molar-refractivity contribution in [2.24, 2.45) is 0 Å². The van der Waals surface area contributed by atoms with Gasteiger partial charge in [-0.15, -0.1) is 10.2 Å². The van der Waals surface area contributed by atoms with Gasteiger partial charge in [-0.05, 0) is 60.5 Å². The number of amides is 1. The average Bonchev–Trinajstić information content (AvgIpc) is 3.58. The van der Waals surface area contributed by atoms with Crippen molar-refractivity contribution in [3.8, 4) is 17.2 Å². The molecule has 12 heteroatoms. The summed E-state index contributed by atoms with van der Waals surface area (Å²) >= 11 is 2.52. The van der Waals surface area contributed by atoms with E-state index in [4.69, 9.17) is 14.2 Å². The number of ketones is 1. The number of hydrogen-bond acceptors (Lipinski definition) is 10. The summed E-state index contributed by atoms with van der Waals surface area (Å²) in [5.41, 5.74) is 1.65. The lowest BCUT2D eigenvalue weighted by Gasteiger charge is -2.23. The molecule has 1 aromatic heterocycles. The quantitative estimate of drug-likeness (QED) is 0.0880. The van der Waals surface area contributed by atoms with Crippen molar-refractivity contribution >= 4 is 45.7 Å². The molecule has 1 saturated heterocycles. The maximum absolute atomic E-state index is 13.6. The standard InChI is InChI=1S/C30H24FN3O6S2/c1-2-38-21-5-3-4-18(14-21)25-24(26(35)19-8-11-22-23(15-19)40-13-12-39-22)27(36)28(37)34(25)29-32-33-30(42-29)41-16-17-6-9-20(31)10-7-17/h3-11,14-15,25,35H,2,12-13,16H2,1H3/t25-/m1/s1. The molecule has 0 radical (unpaired) electrons. The number of carbonyl (C=O) groups excluding carboxylic acids is 2. The van der Waals surface area contributed by atoms with Crippen LogP contribution in [0.4, 0.5) is 9.52 Å². The van der Waals surface area contributed by atoms with E-state index >= 15 is 0 Å². The highest BCUT2D eigenvalue weighted by Crippen LogP contribution is 2.45. The summed E-state index contributed by atoms with van der Waals surface area (Å²) in [6.07, 6.45) is 0. The third kappa shape index (κ3) is 5.42. The lowest BCUT2D eigenvalue weighted by molar-refractivity contribution is -0.132. The number of Topliss-reactive ketones (excluding diaryl/α,β-unsaturated/α-hetero) is 1. The first kappa shape index (κ1) is 27.7. The Balaban J connectivity index is 1.39. The molecule has 1 atom stereocenters. The first-order valence-corrected chi connectivity index (χ1v) is 14.9. The largest absolute Gasteiger partial charge is 0.507 e. The maximum atomic E-state index is 13.6. The zero-order valence-corrected chi connectivity index (χ0v) is 23.9. The second kappa shape index (κ2) is 11.8. The van der Waals surface area contributed by atoms with Gasteiger partial charge in [0.25, 0.3) is 5.78 Å². The van der Waals surface area contributed by atoms with Crippen LogP contribution in [0.25, 0.3) is 5.76 Å². The lowest BCUT2D eigenvalue weighted by atomic mass is 9.95. The molecule has 0 unspecified atom stereocenters. The molecule has 2 aliphatic heterocycles. The van der Waals surface area contributed by atoms with Crippen LogP contribution in [0.5, 0.6) is 17.2 Å². The topological polar surface area (TPSA) is 111 Å². The average molecular weight is 606 g/mol. The number of anilines is 1. The fourth-order valence-corrected chi connectivity index (χ4v) is 6.54. The van der Waals surface area contributed by atoms with E-state index in [1.54, 1.807) is 54.6 Å². The summed E-state index contributed by atoms with van der Waals surface area (Å²) in [6, 6.07) is 17.0. The molecule has 0 aliphatic carbocycles. The van der Waals surface area contributed by atoms with E-state index in [2.05, 4.69) is 10.2 Å². The molecule has 9 nitrogen and oxygen atoms in total. The number of benzene rings is 3. The Morgan fingerprint density at radius 1 is 1.07 bits per heavy atom. The zero-order valence-electron chi connectivity index (χ0n) is 22.3. The van der Waals surface area contributed by atoms with Gasteiger partial charge in [0.05, 0.1) is 18.2 Å². The smallest absolute Gasteiger partial charge is 0.301 e. The van der Waals surface area contributed by atoms with Crippen LogP contribution < -0.4 is 19.1 Å². The summed E-state index contributed by atoms with van der Waals surface area (Å²) in [7, 11) is 0. The fraction of sp³-hybridized carbons (Fsp3) is 0.200. The van der Waals surface area contributed by atoms with E-state index in [-0.39, 0.29) is 22.3 Å². The minimum Gasteiger partial charge on any atom is -0.507 e. The summed E-state index contributed by atoms with van der Waals surface area (Å²) in [6.45, 7) is 3.04. The highest BCUT2D eigenvalue weighted by molar-refractivity contribution is 8.00. The van der Waals surface area contributed by atoms with Crippen molar-refractivity contribution in [3.05, 3.63) is 94.8 Å². The van der Waals surface area contributed by atoms with Gasteiger partial charge in [-0.2, -0.15) is 0 Å². The predicted molar refractivity (Wildman–Crippen MR) is 156 cm³/mol. The van der Waals surface area contributed by atoms with E-state index in [1.165, 1.54) is 28.8 Å². The Kier molecular flexibility index (Phi) is 7.81. The molecule has 3 heterocycles. The van der Waals surface area contributed by atoms with Crippen LogP contribution in [0, 0.1) is 5.82 Å². The van der Waals surface area contributed by atoms with Crippen molar-refractivity contribution in [1.82, 2.24) is 10.2 Å². The Labute approximate surface area is 248 Å². The SMILES string of the molecule is CCOc1cccc([C@@H]2C(=C(O)c3ccc4c(c3)OCCO4)C(=O)C(=O)N2c2nnc(SCc3ccc(F)cc3)s2)c1. The van der Waals surface area contributed by atoms with Crippen LogP contribution in [0.3, 0.4) is 0 Å². The number of aliphatic hydroxyl groups is 1. The number of nitrogens with zero attached hydrogens (tertiary/aromatic N) is 3. The first-order valence-electron chi connectivity index (χ1n) is 13.1. The van der Waals surface area contributed by atoms with Gasteiger partial charge in [0.2, 0.25) is 5.13 Å².